The van der Waals surface area contributed by atoms with Crippen molar-refractivity contribution in [3.63, 3.8) is 0 Å². The van der Waals surface area contributed by atoms with E-state index in [2.05, 4.69) is 5.32 Å². The van der Waals surface area contributed by atoms with E-state index in [1.54, 1.807) is 11.8 Å². The fourth-order valence-electron chi connectivity index (χ4n) is 2.95. The predicted octanol–water partition coefficient (Wildman–Crippen LogP) is 2.26. The molecular weight excluding hydrogens is 362 g/mol. The molecule has 6 nitrogen and oxygen atoms in total. The van der Waals surface area contributed by atoms with Crippen molar-refractivity contribution in [1.82, 2.24) is 5.32 Å². The highest BCUT2D eigenvalue weighted by Crippen LogP contribution is 2.49. The van der Waals surface area contributed by atoms with Crippen LogP contribution in [0.25, 0.3) is 0 Å². The van der Waals surface area contributed by atoms with E-state index in [4.69, 9.17) is 5.11 Å². The van der Waals surface area contributed by atoms with Gasteiger partial charge in [0.1, 0.15) is 9.84 Å². The zero-order chi connectivity index (χ0) is 18.7. The second-order valence-corrected chi connectivity index (χ2v) is 9.76. The van der Waals surface area contributed by atoms with Gasteiger partial charge in [0.2, 0.25) is 5.91 Å². The number of hydrogen-bond donors (Lipinski definition) is 2. The number of benzene rings is 1. The van der Waals surface area contributed by atoms with Gasteiger partial charge in [-0.1, -0.05) is 12.1 Å². The Labute approximate surface area is 152 Å². The second kappa shape index (κ2) is 7.78. The zero-order valence-corrected chi connectivity index (χ0v) is 16.0. The van der Waals surface area contributed by atoms with Gasteiger partial charge in [-0.25, -0.2) is 8.42 Å². The van der Waals surface area contributed by atoms with Crippen molar-refractivity contribution in [2.24, 2.45) is 5.41 Å². The number of nitrogens with one attached hydrogen (secondary N) is 1. The molecule has 1 aromatic rings. The average Bonchev–Trinajstić information content (AvgIpc) is 3.22. The van der Waals surface area contributed by atoms with Crippen LogP contribution in [0.15, 0.2) is 29.2 Å². The second-order valence-electron chi connectivity index (χ2n) is 6.74. The van der Waals surface area contributed by atoms with Gasteiger partial charge in [-0.15, -0.1) is 11.8 Å². The topological polar surface area (TPSA) is 101 Å². The van der Waals surface area contributed by atoms with Crippen LogP contribution in [0.2, 0.25) is 0 Å². The molecule has 0 heterocycles. The first-order valence-corrected chi connectivity index (χ1v) is 11.2. The fourth-order valence-corrected chi connectivity index (χ4v) is 4.87. The third kappa shape index (κ3) is 6.36. The molecule has 1 unspecified atom stereocenters. The van der Waals surface area contributed by atoms with Crippen LogP contribution >= 0.6 is 11.8 Å². The lowest BCUT2D eigenvalue weighted by Crippen LogP contribution is -2.33. The van der Waals surface area contributed by atoms with Crippen LogP contribution in [0.4, 0.5) is 0 Å². The number of carbonyl (C=O) groups excluding carboxylic acids is 1. The number of rotatable bonds is 9. The molecule has 2 N–H and O–H groups in total. The molecule has 0 saturated heterocycles. The summed E-state index contributed by atoms with van der Waals surface area (Å²) in [5.74, 6) is -1.31. The molecule has 25 heavy (non-hydrogen) atoms. The first-order valence-electron chi connectivity index (χ1n) is 7.95. The fraction of sp³-hybridized carbons (Fsp3) is 0.529. The summed E-state index contributed by atoms with van der Waals surface area (Å²) in [4.78, 5) is 24.6. The normalized spacial score (nSPS) is 16.9. The van der Waals surface area contributed by atoms with Crippen molar-refractivity contribution in [1.29, 1.82) is 0 Å². The van der Waals surface area contributed by atoms with Crippen LogP contribution in [0.3, 0.4) is 0 Å². The molecule has 8 heteroatoms. The van der Waals surface area contributed by atoms with E-state index >= 15 is 0 Å². The summed E-state index contributed by atoms with van der Waals surface area (Å²) in [5.41, 5.74) is 0.246. The first kappa shape index (κ1) is 19.8. The van der Waals surface area contributed by atoms with Gasteiger partial charge in [0.25, 0.3) is 0 Å². The lowest BCUT2D eigenvalue weighted by molar-refractivity contribution is -0.137. The van der Waals surface area contributed by atoms with Crippen LogP contribution in [0, 0.1) is 5.41 Å². The highest BCUT2D eigenvalue weighted by Gasteiger charge is 2.46. The Kier molecular flexibility index (Phi) is 6.16. The van der Waals surface area contributed by atoms with Gasteiger partial charge < -0.3 is 10.4 Å². The average molecular weight is 386 g/mol. The first-order chi connectivity index (χ1) is 11.6. The van der Waals surface area contributed by atoms with Gasteiger partial charge >= 0.3 is 5.97 Å². The van der Waals surface area contributed by atoms with Crippen molar-refractivity contribution in [2.45, 2.75) is 36.6 Å². The molecule has 1 atom stereocenters. The Hall–Kier alpha value is -1.54. The number of thioether (sulfide) groups is 1. The Balaban J connectivity index is 2.06. The number of carboxylic acids is 1. The number of sulfone groups is 1. The molecule has 0 spiro atoms. The molecule has 0 radical (unpaired) electrons. The molecule has 1 saturated carbocycles. The number of aliphatic carboxylic acids is 1. The van der Waals surface area contributed by atoms with Crippen LogP contribution < -0.4 is 5.32 Å². The van der Waals surface area contributed by atoms with E-state index in [-0.39, 0.29) is 24.5 Å². The van der Waals surface area contributed by atoms with Gasteiger partial charge in [-0.2, -0.15) is 0 Å². The van der Waals surface area contributed by atoms with E-state index in [0.717, 1.165) is 10.5 Å². The van der Waals surface area contributed by atoms with Crippen molar-refractivity contribution in [3.05, 3.63) is 29.8 Å². The van der Waals surface area contributed by atoms with Crippen molar-refractivity contribution >= 4 is 33.5 Å². The van der Waals surface area contributed by atoms with E-state index in [9.17, 15) is 18.0 Å². The van der Waals surface area contributed by atoms with Gasteiger partial charge in [-0.05, 0) is 42.2 Å². The van der Waals surface area contributed by atoms with Gasteiger partial charge in [-0.3, -0.25) is 9.59 Å². The maximum atomic E-state index is 12.4. The molecule has 2 rings (SSSR count). The van der Waals surface area contributed by atoms with Crippen molar-refractivity contribution in [2.75, 3.05) is 18.3 Å². The van der Waals surface area contributed by atoms with Crippen molar-refractivity contribution < 1.29 is 23.1 Å². The summed E-state index contributed by atoms with van der Waals surface area (Å²) in [6.45, 7) is 0. The summed E-state index contributed by atoms with van der Waals surface area (Å²) in [6.07, 6.45) is 4.43. The quantitative estimate of drug-likeness (QED) is 0.633. The largest absolute Gasteiger partial charge is 0.481 e. The minimum atomic E-state index is -3.15. The van der Waals surface area contributed by atoms with E-state index in [0.29, 0.717) is 12.8 Å². The maximum absolute atomic E-state index is 12.4. The molecule has 0 bridgehead atoms. The smallest absolute Gasteiger partial charge is 0.305 e. The van der Waals surface area contributed by atoms with E-state index in [1.807, 2.05) is 30.5 Å². The SMILES string of the molecule is CSc1ccc(C(CC(=O)O)NC(=O)CC2(CS(C)(=O)=O)CC2)cc1. The molecule has 1 aromatic carbocycles. The Morgan fingerprint density at radius 2 is 1.88 bits per heavy atom. The molecule has 0 aliphatic heterocycles. The molecule has 1 amide bonds. The molecule has 1 aliphatic rings. The Morgan fingerprint density at radius 1 is 1.28 bits per heavy atom. The molecule has 1 fully saturated rings. The molecular formula is C17H23NO5S2. The standard InChI is InChI=1S/C17H23NO5S2/c1-24-13-5-3-12(4-6-13)14(9-16(20)21)18-15(19)10-17(7-8-17)11-25(2,22)23/h3-6,14H,7-11H2,1-2H3,(H,18,19)(H,20,21). The number of carboxylic acid groups (broad SMARTS) is 1. The van der Waals surface area contributed by atoms with Crippen molar-refractivity contribution in [3.8, 4) is 0 Å². The lowest BCUT2D eigenvalue weighted by atomic mass is 10.0. The number of amides is 1. The molecule has 0 aromatic heterocycles. The minimum absolute atomic E-state index is 0.000558. The highest BCUT2D eigenvalue weighted by molar-refractivity contribution is 7.98. The van der Waals surface area contributed by atoms with Gasteiger partial charge in [0.05, 0.1) is 18.2 Å². The number of carbonyl (C=O) groups is 2. The summed E-state index contributed by atoms with van der Waals surface area (Å²) >= 11 is 1.58. The Bertz CT molecular complexity index is 739. The van der Waals surface area contributed by atoms with Gasteiger partial charge in [0, 0.05) is 17.6 Å². The number of hydrogen-bond acceptors (Lipinski definition) is 5. The summed E-state index contributed by atoms with van der Waals surface area (Å²) in [6, 6.07) is 6.75. The third-order valence-electron chi connectivity index (χ3n) is 4.29. The zero-order valence-electron chi connectivity index (χ0n) is 14.3. The van der Waals surface area contributed by atoms with Crippen LogP contribution in [-0.2, 0) is 19.4 Å². The maximum Gasteiger partial charge on any atom is 0.305 e. The monoisotopic (exact) mass is 385 g/mol. The summed E-state index contributed by atoms with van der Waals surface area (Å²) in [7, 11) is -3.15. The van der Waals surface area contributed by atoms with E-state index < -0.39 is 27.3 Å². The van der Waals surface area contributed by atoms with Crippen LogP contribution in [0.1, 0.15) is 37.3 Å². The molecule has 138 valence electrons. The van der Waals surface area contributed by atoms with E-state index in [1.165, 1.54) is 6.26 Å². The Morgan fingerprint density at radius 3 is 2.32 bits per heavy atom. The molecule has 1 aliphatic carbocycles. The van der Waals surface area contributed by atoms with Gasteiger partial charge in [0.15, 0.2) is 0 Å². The third-order valence-corrected chi connectivity index (χ3v) is 6.17. The van der Waals surface area contributed by atoms with Crippen LogP contribution in [-0.4, -0.2) is 43.7 Å². The minimum Gasteiger partial charge on any atom is -0.481 e. The predicted molar refractivity (Wildman–Crippen MR) is 97.4 cm³/mol. The lowest BCUT2D eigenvalue weighted by Gasteiger charge is -2.20. The van der Waals surface area contributed by atoms with Crippen LogP contribution in [0.5, 0.6) is 0 Å². The highest BCUT2D eigenvalue weighted by atomic mass is 32.2. The summed E-state index contributed by atoms with van der Waals surface area (Å²) < 4.78 is 23.0. The summed E-state index contributed by atoms with van der Waals surface area (Å²) in [5, 5.41) is 11.9.